The van der Waals surface area contributed by atoms with Gasteiger partial charge in [-0.2, -0.15) is 0 Å². The maximum Gasteiger partial charge on any atom is 0.229 e. The minimum Gasteiger partial charge on any atom is -0.396 e. The smallest absolute Gasteiger partial charge is 0.229 e. The van der Waals surface area contributed by atoms with E-state index in [9.17, 15) is 9.59 Å². The van der Waals surface area contributed by atoms with Gasteiger partial charge in [-0.25, -0.2) is 0 Å². The molecule has 230 valence electrons. The van der Waals surface area contributed by atoms with E-state index in [0.29, 0.717) is 25.7 Å². The first-order valence-electron chi connectivity index (χ1n) is 13.5. The quantitative estimate of drug-likeness (QED) is 0.284. The second-order valence-electron chi connectivity index (χ2n) is 11.0. The Bertz CT molecular complexity index is 543. The fourth-order valence-corrected chi connectivity index (χ4v) is 2.78. The molecule has 1 atom stereocenters. The van der Waals surface area contributed by atoms with Gasteiger partial charge in [0.15, 0.2) is 0 Å². The summed E-state index contributed by atoms with van der Waals surface area (Å²) in [7, 11) is 6.60. The molecule has 38 heavy (non-hydrogen) atoms. The van der Waals surface area contributed by atoms with Crippen LogP contribution >= 0.6 is 0 Å². The molecule has 9 heteroatoms. The molecule has 1 rings (SSSR count). The highest BCUT2D eigenvalue weighted by atomic mass is 16.5. The maximum absolute atomic E-state index is 10.5. The highest BCUT2D eigenvalue weighted by Gasteiger charge is 2.24. The number of likely N-dealkylation sites (tertiary alicyclic amines) is 1. The molecular formula is C29H61NO8. The van der Waals surface area contributed by atoms with E-state index in [1.807, 2.05) is 27.7 Å². The SMILES string of the molecule is CC=O.CN1C(=O)CCC1=O.COC(C)(C)CCO.COC(C)(C)CCO.COCC(CC(C)C)C(C)C. The van der Waals surface area contributed by atoms with Crippen LogP contribution < -0.4 is 0 Å². The average molecular weight is 552 g/mol. The normalized spacial score (nSPS) is 13.9. The molecule has 0 radical (unpaired) electrons. The Labute approximate surface area is 233 Å². The van der Waals surface area contributed by atoms with Crippen molar-refractivity contribution in [1.82, 2.24) is 4.90 Å². The summed E-state index contributed by atoms with van der Waals surface area (Å²) < 4.78 is 15.2. The number of methoxy groups -OCH3 is 3. The summed E-state index contributed by atoms with van der Waals surface area (Å²) in [4.78, 5) is 31.0. The number of hydrogen-bond donors (Lipinski definition) is 2. The number of rotatable bonds is 11. The Morgan fingerprint density at radius 2 is 1.21 bits per heavy atom. The van der Waals surface area contributed by atoms with Crippen molar-refractivity contribution < 1.29 is 38.8 Å². The molecule has 2 N–H and O–H groups in total. The van der Waals surface area contributed by atoms with E-state index in [4.69, 9.17) is 29.2 Å². The lowest BCUT2D eigenvalue weighted by molar-refractivity contribution is -0.136. The molecule has 1 aliphatic heterocycles. The number of carbonyl (C=O) groups is 3. The molecule has 0 aromatic rings. The monoisotopic (exact) mass is 551 g/mol. The van der Waals surface area contributed by atoms with E-state index in [-0.39, 0.29) is 36.2 Å². The standard InChI is InChI=1S/C10H22O.2C6H14O2.C5H7NO2.C2H4O/c1-8(2)6-10(7-11-5)9(3)4;2*1-6(2,8-3)4-5-7;1-6-4(7)2-3-5(6)8;1-2-3/h8-10H,6-7H2,1-5H3;2*7H,4-5H2,1-3H3;2-3H2,1H3;2H,1H3. The van der Waals surface area contributed by atoms with Gasteiger partial charge in [0.05, 0.1) is 11.2 Å². The largest absolute Gasteiger partial charge is 0.396 e. The van der Waals surface area contributed by atoms with Gasteiger partial charge in [0.2, 0.25) is 11.8 Å². The van der Waals surface area contributed by atoms with Crippen molar-refractivity contribution in [3.05, 3.63) is 0 Å². The van der Waals surface area contributed by atoms with Crippen molar-refractivity contribution in [2.75, 3.05) is 48.2 Å². The van der Waals surface area contributed by atoms with E-state index in [2.05, 4.69) is 27.7 Å². The van der Waals surface area contributed by atoms with Crippen LogP contribution in [0.4, 0.5) is 0 Å². The molecule has 1 heterocycles. The Balaban J connectivity index is -0.000000197. The summed E-state index contributed by atoms with van der Waals surface area (Å²) in [6, 6.07) is 0. The van der Waals surface area contributed by atoms with Crippen LogP contribution in [0.2, 0.25) is 0 Å². The molecule has 1 aliphatic rings. The molecule has 1 fully saturated rings. The third kappa shape index (κ3) is 29.2. The Kier molecular flexibility index (Phi) is 29.7. The fraction of sp³-hybridized carbons (Fsp3) is 0.897. The van der Waals surface area contributed by atoms with Crippen molar-refractivity contribution in [1.29, 1.82) is 0 Å². The first-order valence-corrected chi connectivity index (χ1v) is 13.5. The number of amides is 2. The highest BCUT2D eigenvalue weighted by molar-refractivity contribution is 6.01. The van der Waals surface area contributed by atoms with Crippen LogP contribution in [-0.2, 0) is 28.6 Å². The number of ether oxygens (including phenoxy) is 3. The number of carbonyl (C=O) groups excluding carboxylic acids is 3. The highest BCUT2D eigenvalue weighted by Crippen LogP contribution is 2.20. The molecular weight excluding hydrogens is 490 g/mol. The minimum absolute atomic E-state index is 0.0602. The zero-order chi connectivity index (χ0) is 30.9. The van der Waals surface area contributed by atoms with Crippen LogP contribution in [0, 0.1) is 17.8 Å². The number of aldehydes is 1. The molecule has 0 aliphatic carbocycles. The summed E-state index contributed by atoms with van der Waals surface area (Å²) in [5.41, 5.74) is -0.316. The van der Waals surface area contributed by atoms with Crippen molar-refractivity contribution in [3.8, 4) is 0 Å². The summed E-state index contributed by atoms with van der Waals surface area (Å²) in [6.07, 6.45) is 4.23. The molecule has 0 aromatic carbocycles. The molecule has 1 unspecified atom stereocenters. The summed E-state index contributed by atoms with van der Waals surface area (Å²) in [6.45, 7) is 19.6. The van der Waals surface area contributed by atoms with Gasteiger partial charge in [0.25, 0.3) is 0 Å². The fourth-order valence-electron chi connectivity index (χ4n) is 2.78. The van der Waals surface area contributed by atoms with Gasteiger partial charge in [0, 0.05) is 61.0 Å². The van der Waals surface area contributed by atoms with E-state index in [1.165, 1.54) is 25.3 Å². The third-order valence-electron chi connectivity index (χ3n) is 5.93. The molecule has 9 nitrogen and oxygen atoms in total. The maximum atomic E-state index is 10.5. The summed E-state index contributed by atoms with van der Waals surface area (Å²) in [5.74, 6) is 2.15. The van der Waals surface area contributed by atoms with Gasteiger partial charge in [-0.05, 0) is 71.6 Å². The third-order valence-corrected chi connectivity index (χ3v) is 5.93. The summed E-state index contributed by atoms with van der Waals surface area (Å²) >= 11 is 0. The molecule has 1 saturated heterocycles. The van der Waals surface area contributed by atoms with Crippen molar-refractivity contribution >= 4 is 18.1 Å². The van der Waals surface area contributed by atoms with Gasteiger partial charge in [-0.3, -0.25) is 14.5 Å². The van der Waals surface area contributed by atoms with Gasteiger partial charge in [-0.1, -0.05) is 27.7 Å². The Hall–Kier alpha value is -1.39. The van der Waals surface area contributed by atoms with Gasteiger partial charge in [0.1, 0.15) is 6.29 Å². The number of aliphatic hydroxyl groups excluding tert-OH is 2. The number of nitrogens with zero attached hydrogens (tertiary/aromatic N) is 1. The zero-order valence-corrected chi connectivity index (χ0v) is 26.8. The Morgan fingerprint density at radius 1 is 0.868 bits per heavy atom. The predicted octanol–water partition coefficient (Wildman–Crippen LogP) is 4.51. The van der Waals surface area contributed by atoms with E-state index < -0.39 is 0 Å². The Morgan fingerprint density at radius 3 is 1.34 bits per heavy atom. The molecule has 0 bridgehead atoms. The molecule has 0 aromatic heterocycles. The van der Waals surface area contributed by atoms with Gasteiger partial charge in [-0.15, -0.1) is 0 Å². The van der Waals surface area contributed by atoms with Crippen molar-refractivity contribution in [3.63, 3.8) is 0 Å². The molecule has 2 amide bonds. The molecule has 0 saturated carbocycles. The van der Waals surface area contributed by atoms with Crippen LogP contribution in [0.1, 0.15) is 94.4 Å². The van der Waals surface area contributed by atoms with Crippen LogP contribution in [0.15, 0.2) is 0 Å². The number of hydrogen-bond acceptors (Lipinski definition) is 8. The van der Waals surface area contributed by atoms with Crippen LogP contribution in [-0.4, -0.2) is 92.6 Å². The van der Waals surface area contributed by atoms with E-state index >= 15 is 0 Å². The second-order valence-corrected chi connectivity index (χ2v) is 11.0. The van der Waals surface area contributed by atoms with Crippen molar-refractivity contribution in [2.45, 2.75) is 106 Å². The van der Waals surface area contributed by atoms with Crippen LogP contribution in [0.25, 0.3) is 0 Å². The average Bonchev–Trinajstić information content (AvgIpc) is 3.11. The lowest BCUT2D eigenvalue weighted by atomic mass is 9.88. The van der Waals surface area contributed by atoms with Crippen LogP contribution in [0.5, 0.6) is 0 Å². The lowest BCUT2D eigenvalue weighted by Gasteiger charge is -2.21. The molecule has 0 spiro atoms. The second kappa shape index (κ2) is 25.9. The van der Waals surface area contributed by atoms with Crippen molar-refractivity contribution in [2.24, 2.45) is 17.8 Å². The first-order chi connectivity index (χ1) is 17.4. The van der Waals surface area contributed by atoms with E-state index in [1.54, 1.807) is 21.3 Å². The minimum atomic E-state index is -0.158. The first kappa shape index (κ1) is 43.7. The van der Waals surface area contributed by atoms with Gasteiger partial charge < -0.3 is 29.2 Å². The van der Waals surface area contributed by atoms with Crippen LogP contribution in [0.3, 0.4) is 0 Å². The number of imide groups is 1. The van der Waals surface area contributed by atoms with Gasteiger partial charge >= 0.3 is 0 Å². The van der Waals surface area contributed by atoms with E-state index in [0.717, 1.165) is 30.6 Å². The predicted molar refractivity (Wildman–Crippen MR) is 154 cm³/mol. The lowest BCUT2D eigenvalue weighted by Crippen LogP contribution is -2.23. The topological polar surface area (TPSA) is 123 Å². The summed E-state index contributed by atoms with van der Waals surface area (Å²) in [5, 5.41) is 16.9. The zero-order valence-electron chi connectivity index (χ0n) is 26.8. The number of aliphatic hydroxyl groups is 2.